The molecule has 1 unspecified atom stereocenters. The zero-order valence-electron chi connectivity index (χ0n) is 16.7. The fraction of sp³-hybridized carbons (Fsp3) is 0.700. The maximum atomic E-state index is 12.4. The maximum absolute atomic E-state index is 12.4. The Hall–Kier alpha value is -2.02. The Bertz CT molecular complexity index is 608. The Morgan fingerprint density at radius 1 is 1.26 bits per heavy atom. The average Bonchev–Trinajstić information content (AvgIpc) is 3.22. The van der Waals surface area contributed by atoms with Gasteiger partial charge in [-0.05, 0) is 44.4 Å². The van der Waals surface area contributed by atoms with Crippen molar-refractivity contribution in [2.75, 3.05) is 58.9 Å². The minimum absolute atomic E-state index is 0.0270. The van der Waals surface area contributed by atoms with E-state index in [0.29, 0.717) is 18.8 Å². The van der Waals surface area contributed by atoms with Crippen LogP contribution in [0.2, 0.25) is 0 Å². The Morgan fingerprint density at radius 3 is 2.70 bits per heavy atom. The standard InChI is InChI=1S/C20H33N5O2/c1-3-21-20(22-8-10-23-9-4-6-17(2)16-23)25-13-11-24(12-14-25)19(26)18-7-5-15-27-18/h5,7,15,17H,3-4,6,8-14,16H2,1-2H3,(H,21,22). The molecule has 0 aromatic carbocycles. The van der Waals surface area contributed by atoms with Gasteiger partial charge in [-0.25, -0.2) is 0 Å². The third-order valence-electron chi connectivity index (χ3n) is 5.35. The molecule has 2 saturated heterocycles. The van der Waals surface area contributed by atoms with E-state index in [4.69, 9.17) is 9.41 Å². The van der Waals surface area contributed by atoms with Crippen molar-refractivity contribution in [1.29, 1.82) is 0 Å². The van der Waals surface area contributed by atoms with Crippen molar-refractivity contribution >= 4 is 11.9 Å². The third-order valence-corrected chi connectivity index (χ3v) is 5.35. The van der Waals surface area contributed by atoms with Crippen LogP contribution in [0.1, 0.15) is 37.2 Å². The van der Waals surface area contributed by atoms with Crippen molar-refractivity contribution < 1.29 is 9.21 Å². The molecule has 0 spiro atoms. The molecule has 3 rings (SSSR count). The number of guanidine groups is 1. The minimum atomic E-state index is -0.0270. The van der Waals surface area contributed by atoms with Crippen molar-refractivity contribution in [3.05, 3.63) is 24.2 Å². The molecular weight excluding hydrogens is 342 g/mol. The molecule has 1 aromatic heterocycles. The van der Waals surface area contributed by atoms with Gasteiger partial charge in [-0.2, -0.15) is 0 Å². The molecule has 1 amide bonds. The van der Waals surface area contributed by atoms with Crippen LogP contribution in [-0.4, -0.2) is 85.5 Å². The predicted molar refractivity (Wildman–Crippen MR) is 107 cm³/mol. The first-order valence-electron chi connectivity index (χ1n) is 10.3. The lowest BCUT2D eigenvalue weighted by atomic mass is 10.0. The first-order valence-corrected chi connectivity index (χ1v) is 10.3. The summed E-state index contributed by atoms with van der Waals surface area (Å²) in [5, 5.41) is 3.41. The number of hydrogen-bond acceptors (Lipinski definition) is 4. The van der Waals surface area contributed by atoms with E-state index >= 15 is 0 Å². The number of piperidine rings is 1. The zero-order valence-corrected chi connectivity index (χ0v) is 16.7. The number of nitrogens with zero attached hydrogens (tertiary/aromatic N) is 4. The molecule has 0 bridgehead atoms. The van der Waals surface area contributed by atoms with Gasteiger partial charge in [0.2, 0.25) is 0 Å². The Balaban J connectivity index is 1.49. The highest BCUT2D eigenvalue weighted by Crippen LogP contribution is 2.15. The summed E-state index contributed by atoms with van der Waals surface area (Å²) in [6, 6.07) is 3.48. The lowest BCUT2D eigenvalue weighted by Crippen LogP contribution is -2.53. The van der Waals surface area contributed by atoms with Crippen LogP contribution in [-0.2, 0) is 0 Å². The summed E-state index contributed by atoms with van der Waals surface area (Å²) in [4.78, 5) is 23.9. The predicted octanol–water partition coefficient (Wildman–Crippen LogP) is 1.73. The summed E-state index contributed by atoms with van der Waals surface area (Å²) >= 11 is 0. The third kappa shape index (κ3) is 5.48. The quantitative estimate of drug-likeness (QED) is 0.627. The molecule has 3 heterocycles. The number of furan rings is 1. The Labute approximate surface area is 162 Å². The molecular formula is C20H33N5O2. The van der Waals surface area contributed by atoms with Gasteiger partial charge < -0.3 is 24.4 Å². The average molecular weight is 376 g/mol. The van der Waals surface area contributed by atoms with Crippen LogP contribution in [0.3, 0.4) is 0 Å². The molecule has 1 aromatic rings. The monoisotopic (exact) mass is 375 g/mol. The van der Waals surface area contributed by atoms with Crippen LogP contribution in [0, 0.1) is 5.92 Å². The lowest BCUT2D eigenvalue weighted by Gasteiger charge is -2.36. The van der Waals surface area contributed by atoms with E-state index in [1.807, 2.05) is 4.90 Å². The fourth-order valence-corrected chi connectivity index (χ4v) is 3.89. The number of rotatable bonds is 5. The summed E-state index contributed by atoms with van der Waals surface area (Å²) in [5.74, 6) is 2.16. The number of piperazine rings is 1. The molecule has 27 heavy (non-hydrogen) atoms. The molecule has 2 aliphatic heterocycles. The maximum Gasteiger partial charge on any atom is 0.289 e. The van der Waals surface area contributed by atoms with Gasteiger partial charge in [0.05, 0.1) is 12.8 Å². The second-order valence-corrected chi connectivity index (χ2v) is 7.54. The second kappa shape index (κ2) is 9.78. The minimum Gasteiger partial charge on any atom is -0.459 e. The fourth-order valence-electron chi connectivity index (χ4n) is 3.89. The molecule has 0 saturated carbocycles. The molecule has 0 aliphatic carbocycles. The van der Waals surface area contributed by atoms with E-state index in [1.165, 1.54) is 25.9 Å². The number of carbonyl (C=O) groups excluding carboxylic acids is 1. The Morgan fingerprint density at radius 2 is 2.04 bits per heavy atom. The first-order chi connectivity index (χ1) is 13.2. The first kappa shape index (κ1) is 19.7. The van der Waals surface area contributed by atoms with Crippen molar-refractivity contribution in [3.63, 3.8) is 0 Å². The number of likely N-dealkylation sites (tertiary alicyclic amines) is 1. The summed E-state index contributed by atoms with van der Waals surface area (Å²) in [5.41, 5.74) is 0. The van der Waals surface area contributed by atoms with Gasteiger partial charge in [0.25, 0.3) is 5.91 Å². The Kier molecular flexibility index (Phi) is 7.15. The van der Waals surface area contributed by atoms with E-state index in [1.54, 1.807) is 18.4 Å². The van der Waals surface area contributed by atoms with E-state index in [0.717, 1.165) is 44.6 Å². The van der Waals surface area contributed by atoms with Crippen molar-refractivity contribution in [2.45, 2.75) is 26.7 Å². The molecule has 7 nitrogen and oxygen atoms in total. The van der Waals surface area contributed by atoms with Gasteiger partial charge in [-0.3, -0.25) is 9.79 Å². The number of carbonyl (C=O) groups is 1. The zero-order chi connectivity index (χ0) is 19.1. The highest BCUT2D eigenvalue weighted by molar-refractivity contribution is 5.91. The van der Waals surface area contributed by atoms with Crippen LogP contribution in [0.5, 0.6) is 0 Å². The van der Waals surface area contributed by atoms with E-state index in [-0.39, 0.29) is 5.91 Å². The van der Waals surface area contributed by atoms with Gasteiger partial charge in [0, 0.05) is 45.8 Å². The normalized spacial score (nSPS) is 22.1. The second-order valence-electron chi connectivity index (χ2n) is 7.54. The largest absolute Gasteiger partial charge is 0.459 e. The highest BCUT2D eigenvalue weighted by Gasteiger charge is 2.25. The molecule has 2 fully saturated rings. The summed E-state index contributed by atoms with van der Waals surface area (Å²) in [6.07, 6.45) is 4.20. The smallest absolute Gasteiger partial charge is 0.289 e. The van der Waals surface area contributed by atoms with Crippen LogP contribution in [0.25, 0.3) is 0 Å². The van der Waals surface area contributed by atoms with Crippen LogP contribution in [0.15, 0.2) is 27.8 Å². The van der Waals surface area contributed by atoms with Gasteiger partial charge in [-0.1, -0.05) is 6.92 Å². The van der Waals surface area contributed by atoms with Crippen molar-refractivity contribution in [3.8, 4) is 0 Å². The summed E-state index contributed by atoms with van der Waals surface area (Å²) in [6.45, 7) is 12.5. The number of aliphatic imine (C=N–C) groups is 1. The van der Waals surface area contributed by atoms with Crippen LogP contribution in [0.4, 0.5) is 0 Å². The van der Waals surface area contributed by atoms with E-state index < -0.39 is 0 Å². The lowest BCUT2D eigenvalue weighted by molar-refractivity contribution is 0.0657. The highest BCUT2D eigenvalue weighted by atomic mass is 16.3. The number of hydrogen-bond donors (Lipinski definition) is 1. The van der Waals surface area contributed by atoms with Crippen LogP contribution >= 0.6 is 0 Å². The molecule has 2 aliphatic rings. The topological polar surface area (TPSA) is 64.3 Å². The van der Waals surface area contributed by atoms with Gasteiger partial charge >= 0.3 is 0 Å². The van der Waals surface area contributed by atoms with Gasteiger partial charge in [-0.15, -0.1) is 0 Å². The molecule has 0 radical (unpaired) electrons. The van der Waals surface area contributed by atoms with Crippen molar-refractivity contribution in [1.82, 2.24) is 20.0 Å². The molecule has 1 atom stereocenters. The SMILES string of the molecule is CCNC(=NCCN1CCCC(C)C1)N1CCN(C(=O)c2ccco2)CC1. The van der Waals surface area contributed by atoms with E-state index in [9.17, 15) is 4.79 Å². The van der Waals surface area contributed by atoms with E-state index in [2.05, 4.69) is 29.0 Å². The molecule has 1 N–H and O–H groups in total. The molecule has 150 valence electrons. The molecule has 7 heteroatoms. The van der Waals surface area contributed by atoms with Crippen LogP contribution < -0.4 is 5.32 Å². The summed E-state index contributed by atoms with van der Waals surface area (Å²) in [7, 11) is 0. The summed E-state index contributed by atoms with van der Waals surface area (Å²) < 4.78 is 5.23. The van der Waals surface area contributed by atoms with Crippen molar-refractivity contribution in [2.24, 2.45) is 10.9 Å². The number of nitrogens with one attached hydrogen (secondary N) is 1. The van der Waals surface area contributed by atoms with Gasteiger partial charge in [0.15, 0.2) is 11.7 Å². The number of amides is 1. The van der Waals surface area contributed by atoms with Gasteiger partial charge in [0.1, 0.15) is 0 Å².